The number of thioether (sulfide) groups is 1. The number of ether oxygens (including phenoxy) is 2. The molecule has 0 aromatic heterocycles. The fourth-order valence-corrected chi connectivity index (χ4v) is 10.1. The summed E-state index contributed by atoms with van der Waals surface area (Å²) in [6.45, 7) is 14.6. The molecule has 6 aromatic carbocycles. The predicted octanol–water partition coefficient (Wildman–Crippen LogP) is 13.8. The lowest BCUT2D eigenvalue weighted by molar-refractivity contribution is 0.307. The monoisotopic (exact) mass is 927 g/mol. The van der Waals surface area contributed by atoms with E-state index >= 15 is 0 Å². The molecular weight excluding hydrogens is 873 g/mol. The Bertz CT molecular complexity index is 3100. The van der Waals surface area contributed by atoms with Gasteiger partial charge in [-0.3, -0.25) is 0 Å². The van der Waals surface area contributed by atoms with E-state index in [4.69, 9.17) is 9.47 Å². The molecule has 1 saturated carbocycles. The fourth-order valence-electron chi connectivity index (χ4n) is 6.63. The van der Waals surface area contributed by atoms with Crippen LogP contribution in [0.3, 0.4) is 0 Å². The van der Waals surface area contributed by atoms with Gasteiger partial charge < -0.3 is 9.47 Å². The highest BCUT2D eigenvalue weighted by molar-refractivity contribution is 7.99. The molecule has 5 radical (unpaired) electrons. The third-order valence-electron chi connectivity index (χ3n) is 10.6. The first-order valence-corrected chi connectivity index (χ1v) is 28.2. The molecule has 0 amide bonds. The predicted molar refractivity (Wildman–Crippen MR) is 291 cm³/mol. The smallest absolute Gasteiger partial charge is 0.136 e. The lowest BCUT2D eigenvalue weighted by atomic mass is 10.0. The number of aryl methyl sites for hydroxylation is 1. The molecule has 0 aliphatic heterocycles. The van der Waals surface area contributed by atoms with Crippen LogP contribution in [0.25, 0.3) is 0 Å². The molecule has 0 N–H and O–H groups in total. The van der Waals surface area contributed by atoms with Crippen LogP contribution in [0.5, 0.6) is 11.5 Å². The average molecular weight is 928 g/mol. The van der Waals surface area contributed by atoms with E-state index < -0.39 is 8.07 Å². The molecule has 4 heteroatoms. The first kappa shape index (κ1) is 49.7. The standard InChI is InChI=1S/C65H55O2SSi/c1-7-43-66-64-49-62(65(67-44-8-2)48-61(64)39-32-56-23-21-54(22-24-56)20-19-53-17-15-52(16-18-53)14-13-51-11-9-10-12-51)40-33-57-27-25-55(26-28-57)31-37-60-38-34-59(47-50(60)3)30-29-58-35-41-63(42-36-58)68-45-46-69(4,5)6/h9-12,15-18,21-28,34-36,38,41-42,47-49H,7-8,43-46H2,1-6H3. The second kappa shape index (κ2) is 25.3. The Morgan fingerprint density at radius 1 is 0.420 bits per heavy atom. The first-order chi connectivity index (χ1) is 33.6. The molecule has 337 valence electrons. The Balaban J connectivity index is 0.995. The van der Waals surface area contributed by atoms with E-state index in [0.717, 1.165) is 85.5 Å². The van der Waals surface area contributed by atoms with Crippen molar-refractivity contribution in [2.75, 3.05) is 19.0 Å². The van der Waals surface area contributed by atoms with Crippen molar-refractivity contribution >= 4 is 19.8 Å². The van der Waals surface area contributed by atoms with Crippen molar-refractivity contribution in [1.82, 2.24) is 0 Å². The molecule has 1 aliphatic rings. The zero-order valence-corrected chi connectivity index (χ0v) is 42.2. The van der Waals surface area contributed by atoms with Crippen LogP contribution in [-0.4, -0.2) is 27.0 Å². The molecule has 1 aliphatic carbocycles. The van der Waals surface area contributed by atoms with Crippen molar-refractivity contribution in [3.8, 4) is 82.5 Å². The molecule has 0 bridgehead atoms. The van der Waals surface area contributed by atoms with E-state index in [1.54, 1.807) is 0 Å². The van der Waals surface area contributed by atoms with Crippen LogP contribution in [-0.2, 0) is 0 Å². The molecule has 6 aromatic rings. The van der Waals surface area contributed by atoms with Crippen molar-refractivity contribution in [3.05, 3.63) is 226 Å². The van der Waals surface area contributed by atoms with Crippen LogP contribution in [0, 0.1) is 110 Å². The largest absolute Gasteiger partial charge is 0.492 e. The topological polar surface area (TPSA) is 18.5 Å². The number of benzene rings is 6. The lowest BCUT2D eigenvalue weighted by Crippen LogP contribution is -2.19. The van der Waals surface area contributed by atoms with Gasteiger partial charge in [-0.15, -0.1) is 11.8 Å². The van der Waals surface area contributed by atoms with Gasteiger partial charge in [-0.05, 0) is 178 Å². The minimum Gasteiger partial charge on any atom is -0.492 e. The Labute approximate surface area is 418 Å². The summed E-state index contributed by atoms with van der Waals surface area (Å²) in [6.07, 6.45) is 9.71. The maximum absolute atomic E-state index is 6.23. The summed E-state index contributed by atoms with van der Waals surface area (Å²) in [5.41, 5.74) is 11.0. The molecule has 1 fully saturated rings. The zero-order chi connectivity index (χ0) is 48.3. The van der Waals surface area contributed by atoms with Crippen molar-refractivity contribution < 1.29 is 9.47 Å². The number of rotatable bonds is 10. The third kappa shape index (κ3) is 16.3. The minimum absolute atomic E-state index is 0.558. The van der Waals surface area contributed by atoms with E-state index in [-0.39, 0.29) is 0 Å². The summed E-state index contributed by atoms with van der Waals surface area (Å²) in [5, 5.41) is 0. The second-order valence-electron chi connectivity index (χ2n) is 17.7. The molecule has 0 atom stereocenters. The fraction of sp³-hybridized carbons (Fsp3) is 0.185. The van der Waals surface area contributed by atoms with Gasteiger partial charge in [0.15, 0.2) is 0 Å². The molecular formula is C65H55O2SSi. The van der Waals surface area contributed by atoms with Crippen LogP contribution < -0.4 is 9.47 Å². The van der Waals surface area contributed by atoms with Crippen LogP contribution in [0.15, 0.2) is 132 Å². The van der Waals surface area contributed by atoms with Gasteiger partial charge in [-0.1, -0.05) is 105 Å². The third-order valence-corrected chi connectivity index (χ3v) is 13.7. The van der Waals surface area contributed by atoms with E-state index in [2.05, 4.69) is 148 Å². The van der Waals surface area contributed by atoms with E-state index in [9.17, 15) is 0 Å². The highest BCUT2D eigenvalue weighted by Crippen LogP contribution is 2.30. The van der Waals surface area contributed by atoms with Crippen molar-refractivity contribution in [2.24, 2.45) is 0 Å². The van der Waals surface area contributed by atoms with Gasteiger partial charge in [0.25, 0.3) is 0 Å². The summed E-state index contributed by atoms with van der Waals surface area (Å²) < 4.78 is 12.5. The quantitative estimate of drug-likeness (QED) is 0.0775. The molecule has 0 saturated heterocycles. The van der Waals surface area contributed by atoms with Gasteiger partial charge >= 0.3 is 0 Å². The van der Waals surface area contributed by atoms with Gasteiger partial charge in [-0.25, -0.2) is 0 Å². The Morgan fingerprint density at radius 3 is 1.19 bits per heavy atom. The first-order valence-electron chi connectivity index (χ1n) is 23.5. The van der Waals surface area contributed by atoms with Gasteiger partial charge in [-0.2, -0.15) is 0 Å². The Kier molecular flexibility index (Phi) is 18.2. The normalized spacial score (nSPS) is 11.6. The molecule has 0 unspecified atom stereocenters. The van der Waals surface area contributed by atoms with Crippen LogP contribution in [0.1, 0.15) is 93.5 Å². The van der Waals surface area contributed by atoms with Crippen molar-refractivity contribution in [3.63, 3.8) is 0 Å². The van der Waals surface area contributed by atoms with Crippen molar-refractivity contribution in [1.29, 1.82) is 0 Å². The highest BCUT2D eigenvalue weighted by Gasteiger charge is 2.14. The van der Waals surface area contributed by atoms with Gasteiger partial charge in [0.05, 0.1) is 30.3 Å². The van der Waals surface area contributed by atoms with Crippen LogP contribution in [0.2, 0.25) is 25.7 Å². The van der Waals surface area contributed by atoms with Gasteiger partial charge in [0.1, 0.15) is 11.5 Å². The SMILES string of the molecule is CCCOc1cc(C#Cc2ccc(C#Cc3ccc(C#Cc4ccc(SCC[Si](C)(C)C)cc4)cc3C)cc2)c(OCCC)cc1C#Cc1ccc(C#Cc2ccc(C#C[C]3[CH][CH][CH][CH]3)cc2)cc1. The van der Waals surface area contributed by atoms with E-state index in [1.165, 1.54) is 16.7 Å². The zero-order valence-electron chi connectivity index (χ0n) is 40.4. The second-order valence-corrected chi connectivity index (χ2v) is 24.4. The number of hydrogen-bond donors (Lipinski definition) is 0. The minimum atomic E-state index is -1.02. The maximum Gasteiger partial charge on any atom is 0.136 e. The van der Waals surface area contributed by atoms with Gasteiger partial charge in [0, 0.05) is 75.2 Å². The summed E-state index contributed by atoms with van der Waals surface area (Å²) in [5.74, 6) is 43.1. The Hall–Kier alpha value is -7.15. The molecule has 0 heterocycles. The maximum atomic E-state index is 6.23. The average Bonchev–Trinajstić information content (AvgIpc) is 3.89. The summed E-state index contributed by atoms with van der Waals surface area (Å²) in [6, 6.07) is 44.0. The van der Waals surface area contributed by atoms with Gasteiger partial charge in [0.2, 0.25) is 0 Å². The van der Waals surface area contributed by atoms with Crippen LogP contribution in [0.4, 0.5) is 0 Å². The molecule has 0 spiro atoms. The lowest BCUT2D eigenvalue weighted by Gasteiger charge is -2.14. The molecule has 69 heavy (non-hydrogen) atoms. The summed E-state index contributed by atoms with van der Waals surface area (Å²) in [4.78, 5) is 1.31. The summed E-state index contributed by atoms with van der Waals surface area (Å²) in [7, 11) is -1.02. The highest BCUT2D eigenvalue weighted by atomic mass is 32.2. The molecule has 2 nitrogen and oxygen atoms in total. The summed E-state index contributed by atoms with van der Waals surface area (Å²) >= 11 is 1.94. The molecule has 7 rings (SSSR count). The van der Waals surface area contributed by atoms with E-state index in [0.29, 0.717) is 24.7 Å². The number of hydrogen-bond acceptors (Lipinski definition) is 3. The van der Waals surface area contributed by atoms with E-state index in [1.807, 2.05) is 128 Å². The Morgan fingerprint density at radius 2 is 0.783 bits per heavy atom. The van der Waals surface area contributed by atoms with Crippen LogP contribution >= 0.6 is 11.8 Å². The van der Waals surface area contributed by atoms with Crippen molar-refractivity contribution in [2.45, 2.75) is 64.2 Å².